The van der Waals surface area contributed by atoms with Gasteiger partial charge in [0, 0.05) is 44.0 Å². The molecule has 1 heterocycles. The molecule has 5 heteroatoms. The lowest BCUT2D eigenvalue weighted by molar-refractivity contribution is -0.0276. The van der Waals surface area contributed by atoms with Gasteiger partial charge in [0.25, 0.3) is 0 Å². The van der Waals surface area contributed by atoms with E-state index in [1.807, 2.05) is 0 Å². The van der Waals surface area contributed by atoms with Crippen LogP contribution in [0.2, 0.25) is 5.02 Å². The Labute approximate surface area is 132 Å². The molecular formula is C16H25ClN2O2. The van der Waals surface area contributed by atoms with Crippen molar-refractivity contribution in [1.82, 2.24) is 5.32 Å². The van der Waals surface area contributed by atoms with Crippen molar-refractivity contribution >= 4 is 17.3 Å². The van der Waals surface area contributed by atoms with Crippen molar-refractivity contribution in [2.24, 2.45) is 0 Å². The van der Waals surface area contributed by atoms with Crippen LogP contribution in [-0.4, -0.2) is 45.6 Å². The first-order chi connectivity index (χ1) is 10.0. The zero-order valence-electron chi connectivity index (χ0n) is 13.1. The summed E-state index contributed by atoms with van der Waals surface area (Å²) in [5, 5.41) is 4.12. The minimum absolute atomic E-state index is 0.106. The van der Waals surface area contributed by atoms with E-state index in [2.05, 4.69) is 42.3 Å². The summed E-state index contributed by atoms with van der Waals surface area (Å²) in [6.45, 7) is 9.08. The van der Waals surface area contributed by atoms with Gasteiger partial charge in [0.2, 0.25) is 0 Å². The van der Waals surface area contributed by atoms with Crippen molar-refractivity contribution in [3.63, 3.8) is 0 Å². The molecule has 0 aromatic heterocycles. The predicted molar refractivity (Wildman–Crippen MR) is 87.3 cm³/mol. The maximum absolute atomic E-state index is 6.40. The first-order valence-corrected chi connectivity index (χ1v) is 7.76. The number of hydrogen-bond donors (Lipinski definition) is 1. The summed E-state index contributed by atoms with van der Waals surface area (Å²) in [6.07, 6.45) is 0. The molecule has 1 aliphatic heterocycles. The van der Waals surface area contributed by atoms with Gasteiger partial charge in [-0.05, 0) is 31.5 Å². The first-order valence-electron chi connectivity index (χ1n) is 7.39. The van der Waals surface area contributed by atoms with Crippen LogP contribution in [0.15, 0.2) is 18.2 Å². The lowest BCUT2D eigenvalue weighted by Crippen LogP contribution is -2.48. The number of nitrogens with one attached hydrogen (secondary N) is 1. The Morgan fingerprint density at radius 2 is 2.24 bits per heavy atom. The second-order valence-electron chi connectivity index (χ2n) is 5.97. The highest BCUT2D eigenvalue weighted by Gasteiger charge is 2.27. The third kappa shape index (κ3) is 4.85. The molecule has 118 valence electrons. The van der Waals surface area contributed by atoms with Crippen LogP contribution in [0.25, 0.3) is 0 Å². The maximum atomic E-state index is 6.40. The van der Waals surface area contributed by atoms with E-state index in [0.717, 1.165) is 49.1 Å². The van der Waals surface area contributed by atoms with E-state index in [1.165, 1.54) is 0 Å². The van der Waals surface area contributed by atoms with Gasteiger partial charge in [0.15, 0.2) is 0 Å². The average molecular weight is 313 g/mol. The molecule has 1 fully saturated rings. The number of benzene rings is 1. The maximum Gasteiger partial charge on any atom is 0.0801 e. The Balaban J connectivity index is 1.98. The average Bonchev–Trinajstić information content (AvgIpc) is 2.44. The first kappa shape index (κ1) is 16.6. The van der Waals surface area contributed by atoms with Gasteiger partial charge in [0.1, 0.15) is 0 Å². The van der Waals surface area contributed by atoms with Crippen LogP contribution in [0.4, 0.5) is 5.69 Å². The van der Waals surface area contributed by atoms with Crippen molar-refractivity contribution in [3.8, 4) is 0 Å². The Bertz CT molecular complexity index is 466. The van der Waals surface area contributed by atoms with Gasteiger partial charge in [0.05, 0.1) is 18.8 Å². The lowest BCUT2D eigenvalue weighted by Gasteiger charge is -2.39. The van der Waals surface area contributed by atoms with Gasteiger partial charge in [-0.2, -0.15) is 0 Å². The third-order valence-corrected chi connectivity index (χ3v) is 3.98. The van der Waals surface area contributed by atoms with E-state index in [-0.39, 0.29) is 5.60 Å². The molecular weight excluding hydrogens is 288 g/mol. The lowest BCUT2D eigenvalue weighted by atomic mass is 10.1. The highest BCUT2D eigenvalue weighted by molar-refractivity contribution is 6.31. The molecule has 0 amide bonds. The minimum atomic E-state index is -0.106. The molecule has 0 radical (unpaired) electrons. The van der Waals surface area contributed by atoms with E-state index in [4.69, 9.17) is 21.1 Å². The number of halogens is 1. The molecule has 1 aromatic rings. The van der Waals surface area contributed by atoms with Gasteiger partial charge < -0.3 is 19.7 Å². The summed E-state index contributed by atoms with van der Waals surface area (Å²) in [7, 11) is 1.70. The van der Waals surface area contributed by atoms with E-state index in [0.29, 0.717) is 6.61 Å². The van der Waals surface area contributed by atoms with E-state index in [9.17, 15) is 0 Å². The number of nitrogens with zero attached hydrogens (tertiary/aromatic N) is 1. The predicted octanol–water partition coefficient (Wildman–Crippen LogP) is 2.69. The molecule has 1 saturated heterocycles. The normalized spacial score (nSPS) is 18.0. The Morgan fingerprint density at radius 1 is 1.43 bits per heavy atom. The van der Waals surface area contributed by atoms with E-state index >= 15 is 0 Å². The molecule has 0 bridgehead atoms. The molecule has 2 rings (SSSR count). The molecule has 1 aliphatic rings. The number of morpholine rings is 1. The van der Waals surface area contributed by atoms with Crippen LogP contribution in [0.3, 0.4) is 0 Å². The number of methoxy groups -OCH3 is 1. The number of anilines is 1. The monoisotopic (exact) mass is 312 g/mol. The van der Waals surface area contributed by atoms with Crippen LogP contribution in [0.1, 0.15) is 19.4 Å². The third-order valence-electron chi connectivity index (χ3n) is 3.63. The Morgan fingerprint density at radius 3 is 2.90 bits per heavy atom. The van der Waals surface area contributed by atoms with Crippen LogP contribution in [0, 0.1) is 0 Å². The molecule has 0 aliphatic carbocycles. The van der Waals surface area contributed by atoms with Crippen molar-refractivity contribution in [1.29, 1.82) is 0 Å². The summed E-state index contributed by atoms with van der Waals surface area (Å²) >= 11 is 6.40. The van der Waals surface area contributed by atoms with Crippen molar-refractivity contribution in [3.05, 3.63) is 28.8 Å². The molecule has 0 saturated carbocycles. The quantitative estimate of drug-likeness (QED) is 0.819. The molecule has 1 aromatic carbocycles. The number of rotatable bonds is 6. The second kappa shape index (κ2) is 7.45. The van der Waals surface area contributed by atoms with Gasteiger partial charge >= 0.3 is 0 Å². The van der Waals surface area contributed by atoms with Gasteiger partial charge in [-0.25, -0.2) is 0 Å². The molecule has 0 atom stereocenters. The summed E-state index contributed by atoms with van der Waals surface area (Å²) in [6, 6.07) is 6.29. The van der Waals surface area contributed by atoms with Crippen molar-refractivity contribution in [2.75, 3.05) is 44.9 Å². The fourth-order valence-electron chi connectivity index (χ4n) is 2.51. The van der Waals surface area contributed by atoms with Crippen LogP contribution >= 0.6 is 11.6 Å². The highest BCUT2D eigenvalue weighted by atomic mass is 35.5. The Hall–Kier alpha value is -0.810. The highest BCUT2D eigenvalue weighted by Crippen LogP contribution is 2.27. The fourth-order valence-corrected chi connectivity index (χ4v) is 2.75. The largest absolute Gasteiger partial charge is 0.383 e. The second-order valence-corrected chi connectivity index (χ2v) is 6.38. The number of hydrogen-bond acceptors (Lipinski definition) is 4. The Kier molecular flexibility index (Phi) is 5.88. The molecule has 1 N–H and O–H groups in total. The van der Waals surface area contributed by atoms with Gasteiger partial charge in [-0.15, -0.1) is 0 Å². The summed E-state index contributed by atoms with van der Waals surface area (Å²) in [4.78, 5) is 2.33. The standard InChI is InChI=1S/C16H25ClN2O2/c1-16(2)12-19(7-9-21-16)14-5-4-13(15(17)10-14)11-18-6-8-20-3/h4-5,10,18H,6-9,11-12H2,1-3H3. The van der Waals surface area contributed by atoms with Crippen LogP contribution in [-0.2, 0) is 16.0 Å². The van der Waals surface area contributed by atoms with Crippen LogP contribution < -0.4 is 10.2 Å². The number of ether oxygens (including phenoxy) is 2. The van der Waals surface area contributed by atoms with E-state index in [1.54, 1.807) is 7.11 Å². The fraction of sp³-hybridized carbons (Fsp3) is 0.625. The van der Waals surface area contributed by atoms with Gasteiger partial charge in [-0.1, -0.05) is 17.7 Å². The molecule has 21 heavy (non-hydrogen) atoms. The summed E-state index contributed by atoms with van der Waals surface area (Å²) in [5.41, 5.74) is 2.17. The smallest absolute Gasteiger partial charge is 0.0801 e. The van der Waals surface area contributed by atoms with Crippen molar-refractivity contribution < 1.29 is 9.47 Å². The zero-order chi connectivity index (χ0) is 15.3. The minimum Gasteiger partial charge on any atom is -0.383 e. The van der Waals surface area contributed by atoms with Crippen molar-refractivity contribution in [2.45, 2.75) is 26.0 Å². The molecule has 0 spiro atoms. The van der Waals surface area contributed by atoms with E-state index < -0.39 is 0 Å². The summed E-state index contributed by atoms with van der Waals surface area (Å²) in [5.74, 6) is 0. The van der Waals surface area contributed by atoms with Crippen LogP contribution in [0.5, 0.6) is 0 Å². The zero-order valence-corrected chi connectivity index (χ0v) is 13.9. The molecule has 4 nitrogen and oxygen atoms in total. The topological polar surface area (TPSA) is 33.7 Å². The molecule has 0 unspecified atom stereocenters. The summed E-state index contributed by atoms with van der Waals surface area (Å²) < 4.78 is 10.8. The van der Waals surface area contributed by atoms with Gasteiger partial charge in [-0.3, -0.25) is 0 Å². The SMILES string of the molecule is COCCNCc1ccc(N2CCOC(C)(C)C2)cc1Cl.